The molecular weight excluding hydrogens is 999 g/mol. The number of ether oxygens (including phenoxy) is 2. The Kier molecular flexibility index (Phi) is 16.5. The molecule has 0 bridgehead atoms. The second-order valence-corrected chi connectivity index (χ2v) is 24.3. The lowest BCUT2D eigenvalue weighted by Crippen LogP contribution is -2.39. The summed E-state index contributed by atoms with van der Waals surface area (Å²) in [7, 11) is 3.06. The zero-order valence-electron chi connectivity index (χ0n) is 44.7. The molecule has 0 atom stereocenters. The number of amides is 3. The van der Waals surface area contributed by atoms with Crippen molar-refractivity contribution in [3.05, 3.63) is 39.2 Å². The molecule has 22 heteroatoms. The first-order valence-corrected chi connectivity index (χ1v) is 25.4. The quantitative estimate of drug-likeness (QED) is 0.0718. The summed E-state index contributed by atoms with van der Waals surface area (Å²) in [5, 5.41) is 29.3. The number of methoxy groups -OCH3 is 2. The minimum atomic E-state index is -1.11. The summed E-state index contributed by atoms with van der Waals surface area (Å²) in [6, 6.07) is 5.11. The van der Waals surface area contributed by atoms with Gasteiger partial charge in [0.05, 0.1) is 38.3 Å². The Bertz CT molecular complexity index is 3040. The van der Waals surface area contributed by atoms with E-state index < -0.39 is 16.7 Å². The maximum absolute atomic E-state index is 12.4. The molecule has 3 amide bonds. The normalized spacial score (nSPS) is 15.3. The summed E-state index contributed by atoms with van der Waals surface area (Å²) in [6.45, 7) is 24.6. The molecule has 19 nitrogen and oxygen atoms in total. The number of nitrogens with zero attached hydrogens (tertiary/aromatic N) is 9. The number of imidazole rings is 3. The predicted octanol–water partition coefficient (Wildman–Crippen LogP) is 10.7. The number of nitrogens with one attached hydrogen (secondary N) is 3. The zero-order chi connectivity index (χ0) is 54.4. The minimum Gasteiger partial charge on any atom is -0.494 e. The fourth-order valence-electron chi connectivity index (χ4n) is 8.88. The van der Waals surface area contributed by atoms with Crippen LogP contribution in [-0.4, -0.2) is 97.0 Å². The van der Waals surface area contributed by atoms with E-state index in [1.54, 1.807) is 51.5 Å². The summed E-state index contributed by atoms with van der Waals surface area (Å²) in [4.78, 5) is 63.9. The van der Waals surface area contributed by atoms with E-state index in [2.05, 4.69) is 64.3 Å². The van der Waals surface area contributed by atoms with Crippen LogP contribution in [0.2, 0.25) is 15.5 Å². The molecule has 0 unspecified atom stereocenters. The van der Waals surface area contributed by atoms with Crippen molar-refractivity contribution < 1.29 is 34.1 Å². The number of anilines is 3. The van der Waals surface area contributed by atoms with Crippen molar-refractivity contribution in [2.24, 2.45) is 5.41 Å². The number of carbonyl (C=O) groups excluding carboxylic acids is 3. The van der Waals surface area contributed by atoms with E-state index in [-0.39, 0.29) is 52.2 Å². The van der Waals surface area contributed by atoms with Gasteiger partial charge in [-0.3, -0.25) is 44.0 Å². The van der Waals surface area contributed by atoms with E-state index in [0.29, 0.717) is 68.4 Å². The van der Waals surface area contributed by atoms with Crippen LogP contribution in [0.1, 0.15) is 146 Å². The van der Waals surface area contributed by atoms with Crippen molar-refractivity contribution in [3.63, 3.8) is 0 Å². The Balaban J connectivity index is 0.000000179. The van der Waals surface area contributed by atoms with Gasteiger partial charge in [-0.2, -0.15) is 0 Å². The summed E-state index contributed by atoms with van der Waals surface area (Å²) in [5.74, 6) is 1.63. The van der Waals surface area contributed by atoms with Crippen molar-refractivity contribution in [3.8, 4) is 11.5 Å². The van der Waals surface area contributed by atoms with Crippen LogP contribution < -0.4 is 25.4 Å². The average molecular weight is 1070 g/mol. The molecule has 2 aliphatic rings. The van der Waals surface area contributed by atoms with Crippen LogP contribution in [-0.2, 0) is 31.0 Å². The Morgan fingerprint density at radius 3 is 1.44 bits per heavy atom. The van der Waals surface area contributed by atoms with Crippen molar-refractivity contribution in [2.45, 2.75) is 176 Å². The number of rotatable bonds is 12. The summed E-state index contributed by atoms with van der Waals surface area (Å²) < 4.78 is 16.5. The van der Waals surface area contributed by atoms with Gasteiger partial charge in [0, 0.05) is 35.2 Å². The number of aliphatic hydroxyl groups is 2. The summed E-state index contributed by atoms with van der Waals surface area (Å²) in [5.41, 5.74) is 1.65. The number of aromatic nitrogens is 9. The van der Waals surface area contributed by atoms with Crippen LogP contribution in [0.3, 0.4) is 0 Å². The number of carbonyl (C=O) groups is 3. The minimum absolute atomic E-state index is 0.0233. The molecule has 0 saturated heterocycles. The molecule has 0 aromatic carbocycles. The van der Waals surface area contributed by atoms with E-state index in [0.717, 1.165) is 48.8 Å². The van der Waals surface area contributed by atoms with Crippen LogP contribution in [0, 0.1) is 12.3 Å². The average Bonchev–Trinajstić information content (AvgIpc) is 3.87. The lowest BCUT2D eigenvalue weighted by molar-refractivity contribution is -0.121. The van der Waals surface area contributed by atoms with E-state index in [1.807, 2.05) is 59.1 Å². The molecule has 0 aliphatic heterocycles. The third kappa shape index (κ3) is 13.5. The van der Waals surface area contributed by atoms with E-state index in [4.69, 9.17) is 44.3 Å². The molecule has 2 aliphatic carbocycles. The molecular formula is C51H71Cl3N12O7. The van der Waals surface area contributed by atoms with Gasteiger partial charge in [0.25, 0.3) is 0 Å². The molecule has 6 aromatic rings. The molecule has 8 rings (SSSR count). The second kappa shape index (κ2) is 21.1. The van der Waals surface area contributed by atoms with Gasteiger partial charge in [0.1, 0.15) is 21.0 Å². The number of aryl methyl sites for hydroxylation is 1. The number of pyridine rings is 3. The molecule has 0 spiro atoms. The van der Waals surface area contributed by atoms with Gasteiger partial charge >= 0.3 is 0 Å². The SMILES string of the molecule is COc1cc(Cl)nc2c1nc(NC(=O)CC(C)(C)O)n2C(C)(C)C.COc1cc(Cl)nc2c1nc(NC(=O)CC(C)(C)O)n2C1(C)CCC1.Cc1cc2nc(NC(=O)CC(C)(C)C)n(C3(C)CCC3)c2nc1Cl. The molecule has 0 radical (unpaired) electrons. The first kappa shape index (κ1) is 56.9. The Morgan fingerprint density at radius 2 is 1.01 bits per heavy atom. The molecule has 6 heterocycles. The standard InChI is InChI=1S/C18H25ClN4O.C17H23ClN4O3.C16H23ClN4O3/c1-11-9-12-15(22-14(11)19)23(18(5)7-6-8-18)16(20-12)21-13(24)10-17(2,3)4;1-16(2,24)9-12(23)20-15-21-13-10(25-4)8-11(18)19-14(13)22(15)17(3)6-5-7-17;1-15(2,3)21-13-12(9(24-6)7-10(17)18-13)20-14(21)19-11(22)8-16(4,5)23/h9H,6-8,10H2,1-5H3,(H,20,21,24);8,24H,5-7,9H2,1-4H3,(H,20,21,23);7,23H,8H2,1-6H3,(H,19,20,22). The lowest BCUT2D eigenvalue weighted by Gasteiger charge is -2.40. The Labute approximate surface area is 441 Å². The van der Waals surface area contributed by atoms with Crippen LogP contribution >= 0.6 is 34.8 Å². The number of hydrogen-bond donors (Lipinski definition) is 5. The highest BCUT2D eigenvalue weighted by Gasteiger charge is 2.40. The maximum atomic E-state index is 12.4. The summed E-state index contributed by atoms with van der Waals surface area (Å²) in [6.07, 6.45) is 6.66. The van der Waals surface area contributed by atoms with Crippen LogP contribution in [0.15, 0.2) is 18.2 Å². The summed E-state index contributed by atoms with van der Waals surface area (Å²) >= 11 is 18.4. The largest absolute Gasteiger partial charge is 0.494 e. The van der Waals surface area contributed by atoms with E-state index in [1.165, 1.54) is 13.5 Å². The smallest absolute Gasteiger partial charge is 0.229 e. The van der Waals surface area contributed by atoms with E-state index >= 15 is 0 Å². The van der Waals surface area contributed by atoms with Crippen molar-refractivity contribution in [1.29, 1.82) is 0 Å². The van der Waals surface area contributed by atoms with Crippen LogP contribution in [0.5, 0.6) is 11.5 Å². The van der Waals surface area contributed by atoms with Crippen molar-refractivity contribution in [2.75, 3.05) is 30.2 Å². The van der Waals surface area contributed by atoms with Crippen LogP contribution in [0.4, 0.5) is 17.8 Å². The van der Waals surface area contributed by atoms with Crippen molar-refractivity contribution >= 4 is 104 Å². The van der Waals surface area contributed by atoms with E-state index in [9.17, 15) is 24.6 Å². The number of hydrogen-bond acceptors (Lipinski definition) is 13. The first-order chi connectivity index (χ1) is 33.6. The predicted molar refractivity (Wildman–Crippen MR) is 287 cm³/mol. The number of fused-ring (bicyclic) bond motifs is 3. The Morgan fingerprint density at radius 1 is 0.603 bits per heavy atom. The highest BCUT2D eigenvalue weighted by molar-refractivity contribution is 6.31. The fraction of sp³-hybridized carbons (Fsp3) is 0.588. The Hall–Kier alpha value is -5.34. The monoisotopic (exact) mass is 1070 g/mol. The van der Waals surface area contributed by atoms with Gasteiger partial charge in [-0.15, -0.1) is 0 Å². The highest BCUT2D eigenvalue weighted by atomic mass is 35.5. The molecule has 5 N–H and O–H groups in total. The van der Waals surface area contributed by atoms with Gasteiger partial charge < -0.3 is 19.7 Å². The zero-order valence-corrected chi connectivity index (χ0v) is 47.0. The molecule has 2 fully saturated rings. The van der Waals surface area contributed by atoms with Gasteiger partial charge in [0.2, 0.25) is 35.6 Å². The van der Waals surface area contributed by atoms with Crippen molar-refractivity contribution in [1.82, 2.24) is 43.6 Å². The van der Waals surface area contributed by atoms with Gasteiger partial charge in [-0.1, -0.05) is 55.6 Å². The third-order valence-corrected chi connectivity index (χ3v) is 13.3. The molecule has 2 saturated carbocycles. The molecule has 6 aromatic heterocycles. The molecule has 398 valence electrons. The molecule has 73 heavy (non-hydrogen) atoms. The topological polar surface area (TPSA) is 238 Å². The second-order valence-electron chi connectivity index (χ2n) is 23.1. The van der Waals surface area contributed by atoms with Gasteiger partial charge in [-0.05, 0) is 125 Å². The highest BCUT2D eigenvalue weighted by Crippen LogP contribution is 2.45. The van der Waals surface area contributed by atoms with Crippen LogP contribution in [0.25, 0.3) is 33.5 Å². The first-order valence-electron chi connectivity index (χ1n) is 24.3. The third-order valence-electron chi connectivity index (χ3n) is 12.5. The maximum Gasteiger partial charge on any atom is 0.229 e. The fourth-order valence-corrected chi connectivity index (χ4v) is 9.37. The lowest BCUT2D eigenvalue weighted by atomic mass is 9.78. The van der Waals surface area contributed by atoms with Gasteiger partial charge in [0.15, 0.2) is 39.5 Å². The van der Waals surface area contributed by atoms with Gasteiger partial charge in [-0.25, -0.2) is 29.9 Å². The number of halogens is 3.